The van der Waals surface area contributed by atoms with E-state index < -0.39 is 23.8 Å². The van der Waals surface area contributed by atoms with E-state index in [2.05, 4.69) is 14.9 Å². The molecule has 102 valence electrons. The van der Waals surface area contributed by atoms with Gasteiger partial charge in [0.25, 0.3) is 5.56 Å². The third-order valence-corrected chi connectivity index (χ3v) is 2.59. The standard InChI is InChI=1S/C10H11FN4O4/c1-2-3-15-9(17)7-8(13-10(15)18)12-5-14(7)4-6(16)19-11/h5H,2-4H2,1H3,(H,13,18). The number of hydrogen-bond donors (Lipinski definition) is 1. The maximum Gasteiger partial charge on any atom is 0.368 e. The van der Waals surface area contributed by atoms with Gasteiger partial charge in [0.2, 0.25) is 0 Å². The van der Waals surface area contributed by atoms with Crippen LogP contribution in [0.3, 0.4) is 0 Å². The number of halogens is 1. The number of carbonyl (C=O) groups is 1. The van der Waals surface area contributed by atoms with Crippen molar-refractivity contribution in [3.05, 3.63) is 27.2 Å². The second-order valence-electron chi connectivity index (χ2n) is 3.91. The fraction of sp³-hybridized carbons (Fsp3) is 0.400. The van der Waals surface area contributed by atoms with Crippen molar-refractivity contribution in [2.24, 2.45) is 0 Å². The number of aromatic amines is 1. The van der Waals surface area contributed by atoms with E-state index in [-0.39, 0.29) is 17.7 Å². The van der Waals surface area contributed by atoms with Crippen LogP contribution >= 0.6 is 0 Å². The second-order valence-corrected chi connectivity index (χ2v) is 3.91. The number of aromatic nitrogens is 4. The zero-order chi connectivity index (χ0) is 14.0. The van der Waals surface area contributed by atoms with Crippen LogP contribution in [-0.2, 0) is 22.8 Å². The van der Waals surface area contributed by atoms with Crippen molar-refractivity contribution in [1.82, 2.24) is 19.1 Å². The van der Waals surface area contributed by atoms with Gasteiger partial charge in [-0.05, 0) is 6.42 Å². The monoisotopic (exact) mass is 270 g/mol. The van der Waals surface area contributed by atoms with Crippen molar-refractivity contribution in [1.29, 1.82) is 0 Å². The summed E-state index contributed by atoms with van der Waals surface area (Å²) in [6.07, 6.45) is 1.75. The fourth-order valence-corrected chi connectivity index (χ4v) is 1.80. The van der Waals surface area contributed by atoms with Crippen molar-refractivity contribution in [2.75, 3.05) is 0 Å². The molecule has 2 aromatic heterocycles. The van der Waals surface area contributed by atoms with Crippen molar-refractivity contribution in [3.8, 4) is 0 Å². The van der Waals surface area contributed by atoms with Crippen molar-refractivity contribution < 1.29 is 14.3 Å². The van der Waals surface area contributed by atoms with E-state index in [0.717, 1.165) is 15.5 Å². The molecule has 0 amide bonds. The summed E-state index contributed by atoms with van der Waals surface area (Å²) in [7, 11) is 0. The number of hydrogen-bond acceptors (Lipinski definition) is 5. The molecule has 0 bridgehead atoms. The Morgan fingerprint density at radius 2 is 2.26 bits per heavy atom. The molecule has 0 saturated carbocycles. The third-order valence-electron chi connectivity index (χ3n) is 2.59. The maximum atomic E-state index is 12.1. The predicted octanol–water partition coefficient (Wildman–Crippen LogP) is -0.276. The molecule has 0 aliphatic rings. The summed E-state index contributed by atoms with van der Waals surface area (Å²) in [5.41, 5.74) is -1.07. The lowest BCUT2D eigenvalue weighted by molar-refractivity contribution is -0.184. The number of rotatable bonds is 4. The molecule has 0 aliphatic heterocycles. The van der Waals surface area contributed by atoms with E-state index >= 15 is 0 Å². The van der Waals surface area contributed by atoms with Gasteiger partial charge in [-0.2, -0.15) is 0 Å². The minimum Gasteiger partial charge on any atom is -0.313 e. The molecule has 2 rings (SSSR count). The summed E-state index contributed by atoms with van der Waals surface area (Å²) in [6.45, 7) is 1.55. The highest BCUT2D eigenvalue weighted by atomic mass is 19.3. The molecule has 0 fully saturated rings. The Balaban J connectivity index is 2.64. The lowest BCUT2D eigenvalue weighted by Gasteiger charge is -2.04. The van der Waals surface area contributed by atoms with Gasteiger partial charge in [-0.3, -0.25) is 19.3 Å². The number of H-pyrrole nitrogens is 1. The van der Waals surface area contributed by atoms with Gasteiger partial charge in [-0.1, -0.05) is 6.92 Å². The maximum absolute atomic E-state index is 12.1. The molecule has 0 aromatic carbocycles. The zero-order valence-corrected chi connectivity index (χ0v) is 10.1. The van der Waals surface area contributed by atoms with Crippen molar-refractivity contribution in [3.63, 3.8) is 0 Å². The van der Waals surface area contributed by atoms with Crippen LogP contribution in [0.25, 0.3) is 11.2 Å². The van der Waals surface area contributed by atoms with Gasteiger partial charge in [-0.25, -0.2) is 14.6 Å². The molecule has 0 atom stereocenters. The lowest BCUT2D eigenvalue weighted by Crippen LogP contribution is -2.35. The van der Waals surface area contributed by atoms with Crippen LogP contribution in [0.15, 0.2) is 15.9 Å². The number of fused-ring (bicyclic) bond motifs is 1. The Morgan fingerprint density at radius 1 is 1.53 bits per heavy atom. The van der Waals surface area contributed by atoms with E-state index in [1.54, 1.807) is 0 Å². The van der Waals surface area contributed by atoms with Gasteiger partial charge >= 0.3 is 11.7 Å². The minimum absolute atomic E-state index is 0.0263. The average Bonchev–Trinajstić information content (AvgIpc) is 2.77. The van der Waals surface area contributed by atoms with Gasteiger partial charge in [0.15, 0.2) is 11.2 Å². The van der Waals surface area contributed by atoms with Gasteiger partial charge in [-0.15, -0.1) is 0 Å². The highest BCUT2D eigenvalue weighted by molar-refractivity contribution is 5.74. The van der Waals surface area contributed by atoms with Crippen LogP contribution in [0.2, 0.25) is 0 Å². The van der Waals surface area contributed by atoms with Crippen molar-refractivity contribution in [2.45, 2.75) is 26.4 Å². The topological polar surface area (TPSA) is 99.0 Å². The van der Waals surface area contributed by atoms with Crippen LogP contribution in [0.4, 0.5) is 4.53 Å². The van der Waals surface area contributed by atoms with E-state index in [0.29, 0.717) is 6.42 Å². The largest absolute Gasteiger partial charge is 0.368 e. The van der Waals surface area contributed by atoms with E-state index in [1.165, 1.54) is 0 Å². The Bertz CT molecular complexity index is 729. The number of carbonyl (C=O) groups excluding carboxylic acids is 1. The number of nitrogens with zero attached hydrogens (tertiary/aromatic N) is 3. The molecule has 0 unspecified atom stereocenters. The number of imidazole rings is 1. The summed E-state index contributed by atoms with van der Waals surface area (Å²) in [5, 5.41) is 0. The summed E-state index contributed by atoms with van der Waals surface area (Å²) in [6, 6.07) is 0. The normalized spacial score (nSPS) is 10.8. The first-order valence-corrected chi connectivity index (χ1v) is 5.57. The van der Waals surface area contributed by atoms with Gasteiger partial charge in [0.1, 0.15) is 6.54 Å². The molecule has 1 N–H and O–H groups in total. The molecule has 0 aliphatic carbocycles. The highest BCUT2D eigenvalue weighted by Crippen LogP contribution is 2.03. The Kier molecular flexibility index (Phi) is 3.45. The molecule has 0 saturated heterocycles. The number of nitrogens with one attached hydrogen (secondary N) is 1. The van der Waals surface area contributed by atoms with E-state index in [1.807, 2.05) is 6.92 Å². The molecule has 2 aromatic rings. The lowest BCUT2D eigenvalue weighted by atomic mass is 10.4. The molecule has 19 heavy (non-hydrogen) atoms. The third kappa shape index (κ3) is 2.26. The first-order chi connectivity index (χ1) is 9.08. The van der Waals surface area contributed by atoms with Crippen LogP contribution in [-0.4, -0.2) is 25.1 Å². The van der Waals surface area contributed by atoms with Gasteiger partial charge in [0, 0.05) is 11.1 Å². The molecule has 2 heterocycles. The molecule has 0 spiro atoms. The Morgan fingerprint density at radius 3 is 2.89 bits per heavy atom. The molecule has 9 heteroatoms. The Labute approximate surface area is 105 Å². The van der Waals surface area contributed by atoms with E-state index in [9.17, 15) is 18.9 Å². The highest BCUT2D eigenvalue weighted by Gasteiger charge is 2.15. The van der Waals surface area contributed by atoms with Crippen molar-refractivity contribution >= 4 is 17.1 Å². The fourth-order valence-electron chi connectivity index (χ4n) is 1.80. The zero-order valence-electron chi connectivity index (χ0n) is 10.1. The van der Waals surface area contributed by atoms with Crippen LogP contribution in [0, 0.1) is 0 Å². The quantitative estimate of drug-likeness (QED) is 0.824. The van der Waals surface area contributed by atoms with E-state index in [4.69, 9.17) is 0 Å². The Hall–Kier alpha value is -2.45. The average molecular weight is 270 g/mol. The minimum atomic E-state index is -1.16. The smallest absolute Gasteiger partial charge is 0.313 e. The molecular formula is C10H11FN4O4. The SMILES string of the molecule is CCCn1c(=O)[nH]c2ncn(CC(=O)OF)c2c1=O. The summed E-state index contributed by atoms with van der Waals surface area (Å²) >= 11 is 0. The summed E-state index contributed by atoms with van der Waals surface area (Å²) in [5.74, 6) is -1.16. The summed E-state index contributed by atoms with van der Waals surface area (Å²) < 4.78 is 13.8. The molecular weight excluding hydrogens is 259 g/mol. The molecule has 0 radical (unpaired) electrons. The molecule has 8 nitrogen and oxygen atoms in total. The predicted molar refractivity (Wildman–Crippen MR) is 62.1 cm³/mol. The van der Waals surface area contributed by atoms with Crippen LogP contribution in [0.1, 0.15) is 13.3 Å². The summed E-state index contributed by atoms with van der Waals surface area (Å²) in [4.78, 5) is 43.9. The van der Waals surface area contributed by atoms with Crippen LogP contribution in [0.5, 0.6) is 0 Å². The van der Waals surface area contributed by atoms with Gasteiger partial charge < -0.3 is 4.57 Å². The first-order valence-electron chi connectivity index (χ1n) is 5.57. The second kappa shape index (κ2) is 5.04. The first kappa shape index (κ1) is 13.0. The van der Waals surface area contributed by atoms with Crippen LogP contribution < -0.4 is 11.2 Å². The van der Waals surface area contributed by atoms with Gasteiger partial charge in [0.05, 0.1) is 6.33 Å².